The van der Waals surface area contributed by atoms with E-state index in [4.69, 9.17) is 0 Å². The molecule has 1 fully saturated rings. The topological polar surface area (TPSA) is 35.5 Å². The predicted molar refractivity (Wildman–Crippen MR) is 71.4 cm³/mol. The highest BCUT2D eigenvalue weighted by Crippen LogP contribution is 2.18. The van der Waals surface area contributed by atoms with Crippen molar-refractivity contribution in [2.45, 2.75) is 31.9 Å². The van der Waals surface area contributed by atoms with Crippen molar-refractivity contribution in [1.29, 1.82) is 0 Å². The van der Waals surface area contributed by atoms with E-state index >= 15 is 0 Å². The predicted octanol–water partition coefficient (Wildman–Crippen LogP) is 1.63. The molecular formula is C14H22N2O. The van der Waals surface area contributed by atoms with Crippen molar-refractivity contribution in [3.8, 4) is 0 Å². The minimum atomic E-state index is -0.296. The third kappa shape index (κ3) is 4.02. The molecule has 0 heterocycles. The van der Waals surface area contributed by atoms with Gasteiger partial charge in [-0.2, -0.15) is 0 Å². The number of nitrogens with one attached hydrogen (secondary N) is 1. The minimum Gasteiger partial charge on any atom is -0.390 e. The van der Waals surface area contributed by atoms with Crippen LogP contribution >= 0.6 is 0 Å². The van der Waals surface area contributed by atoms with Gasteiger partial charge in [-0.1, -0.05) is 18.2 Å². The normalized spacial score (nSPS) is 16.8. The van der Waals surface area contributed by atoms with Crippen molar-refractivity contribution in [3.63, 3.8) is 0 Å². The molecule has 2 N–H and O–H groups in total. The van der Waals surface area contributed by atoms with E-state index in [1.54, 1.807) is 0 Å². The first kappa shape index (κ1) is 12.4. The van der Waals surface area contributed by atoms with Crippen molar-refractivity contribution in [3.05, 3.63) is 30.3 Å². The number of anilines is 1. The Labute approximate surface area is 103 Å². The highest BCUT2D eigenvalue weighted by atomic mass is 16.3. The Morgan fingerprint density at radius 3 is 2.65 bits per heavy atom. The summed E-state index contributed by atoms with van der Waals surface area (Å²) < 4.78 is 0. The molecule has 3 nitrogen and oxygen atoms in total. The fourth-order valence-corrected chi connectivity index (χ4v) is 1.97. The van der Waals surface area contributed by atoms with E-state index in [0.29, 0.717) is 19.1 Å². The summed E-state index contributed by atoms with van der Waals surface area (Å²) in [6, 6.07) is 10.9. The van der Waals surface area contributed by atoms with E-state index in [-0.39, 0.29) is 6.10 Å². The molecular weight excluding hydrogens is 212 g/mol. The molecule has 2 rings (SSSR count). The summed E-state index contributed by atoms with van der Waals surface area (Å²) in [5, 5.41) is 13.3. The Bertz CT molecular complexity index is 324. The van der Waals surface area contributed by atoms with Gasteiger partial charge in [-0.05, 0) is 31.9 Å². The molecule has 1 unspecified atom stereocenters. The summed E-state index contributed by atoms with van der Waals surface area (Å²) in [4.78, 5) is 2.21. The van der Waals surface area contributed by atoms with Crippen LogP contribution in [0.5, 0.6) is 0 Å². The average Bonchev–Trinajstić information content (AvgIpc) is 3.18. The van der Waals surface area contributed by atoms with Gasteiger partial charge in [-0.15, -0.1) is 0 Å². The molecule has 0 spiro atoms. The Hall–Kier alpha value is -1.06. The summed E-state index contributed by atoms with van der Waals surface area (Å²) in [7, 11) is 0. The smallest absolute Gasteiger partial charge is 0.0839 e. The van der Waals surface area contributed by atoms with Crippen LogP contribution in [0.25, 0.3) is 0 Å². The third-order valence-corrected chi connectivity index (χ3v) is 3.15. The second-order valence-electron chi connectivity index (χ2n) is 4.71. The maximum Gasteiger partial charge on any atom is 0.0839 e. The summed E-state index contributed by atoms with van der Waals surface area (Å²) in [6.07, 6.45) is 2.24. The molecule has 1 atom stereocenters. The van der Waals surface area contributed by atoms with Gasteiger partial charge in [-0.3, -0.25) is 0 Å². The van der Waals surface area contributed by atoms with Gasteiger partial charge >= 0.3 is 0 Å². The van der Waals surface area contributed by atoms with E-state index in [0.717, 1.165) is 6.54 Å². The SMILES string of the molecule is CCN(CC(O)CNC1CC1)c1ccccc1. The molecule has 0 aliphatic heterocycles. The van der Waals surface area contributed by atoms with E-state index in [2.05, 4.69) is 29.3 Å². The monoisotopic (exact) mass is 234 g/mol. The van der Waals surface area contributed by atoms with E-state index in [9.17, 15) is 5.11 Å². The lowest BCUT2D eigenvalue weighted by Crippen LogP contribution is -2.39. The molecule has 0 saturated heterocycles. The van der Waals surface area contributed by atoms with Crippen LogP contribution < -0.4 is 10.2 Å². The maximum atomic E-state index is 9.98. The van der Waals surface area contributed by atoms with Gasteiger partial charge in [0.1, 0.15) is 0 Å². The first-order valence-electron chi connectivity index (χ1n) is 6.51. The number of benzene rings is 1. The van der Waals surface area contributed by atoms with Gasteiger partial charge in [0.15, 0.2) is 0 Å². The highest BCUT2D eigenvalue weighted by molar-refractivity contribution is 5.45. The number of nitrogens with zero attached hydrogens (tertiary/aromatic N) is 1. The molecule has 0 aromatic heterocycles. The minimum absolute atomic E-state index is 0.296. The third-order valence-electron chi connectivity index (χ3n) is 3.15. The van der Waals surface area contributed by atoms with E-state index < -0.39 is 0 Å². The van der Waals surface area contributed by atoms with Crippen LogP contribution in [0.1, 0.15) is 19.8 Å². The van der Waals surface area contributed by atoms with Crippen LogP contribution in [0.2, 0.25) is 0 Å². The maximum absolute atomic E-state index is 9.98. The van der Waals surface area contributed by atoms with Crippen LogP contribution in [0.4, 0.5) is 5.69 Å². The zero-order valence-corrected chi connectivity index (χ0v) is 10.5. The lowest BCUT2D eigenvalue weighted by atomic mass is 10.2. The van der Waals surface area contributed by atoms with Gasteiger partial charge in [0.25, 0.3) is 0 Å². The van der Waals surface area contributed by atoms with Gasteiger partial charge < -0.3 is 15.3 Å². The quantitative estimate of drug-likeness (QED) is 0.752. The number of rotatable bonds is 7. The summed E-state index contributed by atoms with van der Waals surface area (Å²) in [6.45, 7) is 4.44. The van der Waals surface area contributed by atoms with Crippen LogP contribution in [-0.2, 0) is 0 Å². The number of hydrogen-bond donors (Lipinski definition) is 2. The standard InChI is InChI=1S/C14H22N2O/c1-2-16(13-6-4-3-5-7-13)11-14(17)10-15-12-8-9-12/h3-7,12,14-15,17H,2,8-11H2,1H3. The lowest BCUT2D eigenvalue weighted by Gasteiger charge is -2.26. The zero-order valence-electron chi connectivity index (χ0n) is 10.5. The molecule has 1 aliphatic carbocycles. The van der Waals surface area contributed by atoms with E-state index in [1.807, 2.05) is 18.2 Å². The molecule has 0 bridgehead atoms. The van der Waals surface area contributed by atoms with Crippen molar-refractivity contribution in [2.24, 2.45) is 0 Å². The fourth-order valence-electron chi connectivity index (χ4n) is 1.97. The van der Waals surface area contributed by atoms with Crippen molar-refractivity contribution >= 4 is 5.69 Å². The molecule has 3 heteroatoms. The van der Waals surface area contributed by atoms with Crippen LogP contribution in [0, 0.1) is 0 Å². The second kappa shape index (κ2) is 6.03. The molecule has 1 saturated carbocycles. The van der Waals surface area contributed by atoms with Gasteiger partial charge in [-0.25, -0.2) is 0 Å². The first-order chi connectivity index (χ1) is 8.29. The Kier molecular flexibility index (Phi) is 4.40. The molecule has 94 valence electrons. The number of aliphatic hydroxyl groups is 1. The number of para-hydroxylation sites is 1. The van der Waals surface area contributed by atoms with Crippen molar-refractivity contribution in [1.82, 2.24) is 5.32 Å². The molecule has 0 amide bonds. The van der Waals surface area contributed by atoms with Crippen molar-refractivity contribution in [2.75, 3.05) is 24.5 Å². The summed E-state index contributed by atoms with van der Waals surface area (Å²) in [5.41, 5.74) is 1.18. The summed E-state index contributed by atoms with van der Waals surface area (Å²) in [5.74, 6) is 0. The molecule has 1 aromatic carbocycles. The van der Waals surface area contributed by atoms with Crippen LogP contribution in [-0.4, -0.2) is 36.9 Å². The largest absolute Gasteiger partial charge is 0.390 e. The second-order valence-corrected chi connectivity index (χ2v) is 4.71. The lowest BCUT2D eigenvalue weighted by molar-refractivity contribution is 0.176. The van der Waals surface area contributed by atoms with Crippen LogP contribution in [0.15, 0.2) is 30.3 Å². The molecule has 1 aliphatic rings. The molecule has 0 radical (unpaired) electrons. The molecule has 17 heavy (non-hydrogen) atoms. The Morgan fingerprint density at radius 2 is 2.06 bits per heavy atom. The van der Waals surface area contributed by atoms with E-state index in [1.165, 1.54) is 18.5 Å². The number of aliphatic hydroxyl groups excluding tert-OH is 1. The van der Waals surface area contributed by atoms with Gasteiger partial charge in [0.2, 0.25) is 0 Å². The van der Waals surface area contributed by atoms with Crippen LogP contribution in [0.3, 0.4) is 0 Å². The summed E-state index contributed by atoms with van der Waals surface area (Å²) >= 11 is 0. The molecule has 1 aromatic rings. The zero-order chi connectivity index (χ0) is 12.1. The Balaban J connectivity index is 1.81. The van der Waals surface area contributed by atoms with Crippen molar-refractivity contribution < 1.29 is 5.11 Å². The number of hydrogen-bond acceptors (Lipinski definition) is 3. The fraction of sp³-hybridized carbons (Fsp3) is 0.571. The Morgan fingerprint density at radius 1 is 1.35 bits per heavy atom. The average molecular weight is 234 g/mol. The first-order valence-corrected chi connectivity index (χ1v) is 6.51. The van der Waals surface area contributed by atoms with Gasteiger partial charge in [0, 0.05) is 31.4 Å². The number of likely N-dealkylation sites (N-methyl/N-ethyl adjacent to an activating group) is 1. The highest BCUT2D eigenvalue weighted by Gasteiger charge is 2.21. The van der Waals surface area contributed by atoms with Gasteiger partial charge in [0.05, 0.1) is 6.10 Å².